The van der Waals surface area contributed by atoms with Gasteiger partial charge in [0.2, 0.25) is 0 Å². The number of carbonyl (C=O) groups is 2. The summed E-state index contributed by atoms with van der Waals surface area (Å²) in [6, 6.07) is 21.8. The van der Waals surface area contributed by atoms with Gasteiger partial charge in [-0.1, -0.05) is 89.5 Å². The first-order valence-corrected chi connectivity index (χ1v) is 15.4. The molecule has 1 unspecified atom stereocenters. The summed E-state index contributed by atoms with van der Waals surface area (Å²) in [6.07, 6.45) is 13.0. The lowest BCUT2D eigenvalue weighted by Gasteiger charge is -2.14. The number of carbonyl (C=O) groups excluding carboxylic acids is 2. The number of unbranched alkanes of at least 4 members (excludes halogenated alkanes) is 8. The Balaban J connectivity index is 1.44. The average Bonchev–Trinajstić information content (AvgIpc) is 2.99. The summed E-state index contributed by atoms with van der Waals surface area (Å²) < 4.78 is 17.0. The Kier molecular flexibility index (Phi) is 14.0. The maximum atomic E-state index is 12.7. The van der Waals surface area contributed by atoms with Crippen molar-refractivity contribution in [2.75, 3.05) is 6.61 Å². The number of hydrogen-bond donors (Lipinski definition) is 0. The van der Waals surface area contributed by atoms with Crippen LogP contribution in [-0.2, 0) is 4.74 Å². The quantitative estimate of drug-likeness (QED) is 0.0883. The van der Waals surface area contributed by atoms with Gasteiger partial charge in [0, 0.05) is 0 Å². The molecular formula is C36H46O5. The largest absolute Gasteiger partial charge is 0.491 e. The Morgan fingerprint density at radius 2 is 1.07 bits per heavy atom. The molecule has 0 fully saturated rings. The molecule has 0 aliphatic rings. The molecule has 0 saturated carbocycles. The van der Waals surface area contributed by atoms with E-state index in [1.165, 1.54) is 44.9 Å². The van der Waals surface area contributed by atoms with Crippen molar-refractivity contribution in [1.29, 1.82) is 0 Å². The molecule has 3 aromatic carbocycles. The highest BCUT2D eigenvalue weighted by Crippen LogP contribution is 2.24. The topological polar surface area (TPSA) is 61.8 Å². The number of ether oxygens (including phenoxy) is 3. The fourth-order valence-electron chi connectivity index (χ4n) is 4.63. The smallest absolute Gasteiger partial charge is 0.343 e. The van der Waals surface area contributed by atoms with Crippen LogP contribution in [0, 0.1) is 0 Å². The lowest BCUT2D eigenvalue weighted by Crippen LogP contribution is -2.12. The summed E-state index contributed by atoms with van der Waals surface area (Å²) in [7, 11) is 0. The standard InChI is InChI=1S/C36H46O5/c1-4-6-8-10-11-13-27-39-35(37)31-17-15-29(16-18-31)30-19-23-34(24-20-30)41-36(38)32-21-25-33(26-22-32)40-28(3)14-12-9-7-5-2/h15-26,28H,4-14,27H2,1-3H3. The highest BCUT2D eigenvalue weighted by Gasteiger charge is 2.11. The Hall–Kier alpha value is -3.60. The monoisotopic (exact) mass is 558 g/mol. The molecule has 220 valence electrons. The highest BCUT2D eigenvalue weighted by atomic mass is 16.5. The van der Waals surface area contributed by atoms with Crippen molar-refractivity contribution < 1.29 is 23.8 Å². The van der Waals surface area contributed by atoms with E-state index in [4.69, 9.17) is 14.2 Å². The lowest BCUT2D eigenvalue weighted by atomic mass is 10.0. The Labute approximate surface area is 246 Å². The molecule has 0 N–H and O–H groups in total. The molecule has 0 amide bonds. The van der Waals surface area contributed by atoms with E-state index < -0.39 is 5.97 Å². The normalized spacial score (nSPS) is 11.6. The zero-order valence-corrected chi connectivity index (χ0v) is 25.0. The van der Waals surface area contributed by atoms with Crippen LogP contribution in [0.4, 0.5) is 0 Å². The van der Waals surface area contributed by atoms with E-state index >= 15 is 0 Å². The van der Waals surface area contributed by atoms with Crippen LogP contribution in [0.2, 0.25) is 0 Å². The number of rotatable bonds is 18. The van der Waals surface area contributed by atoms with Gasteiger partial charge in [-0.05, 0) is 85.8 Å². The molecule has 5 heteroatoms. The maximum Gasteiger partial charge on any atom is 0.343 e. The average molecular weight is 559 g/mol. The number of benzene rings is 3. The minimum absolute atomic E-state index is 0.142. The molecule has 0 aliphatic carbocycles. The number of hydrogen-bond acceptors (Lipinski definition) is 5. The van der Waals surface area contributed by atoms with Crippen molar-refractivity contribution in [1.82, 2.24) is 0 Å². The molecular weight excluding hydrogens is 512 g/mol. The fourth-order valence-corrected chi connectivity index (χ4v) is 4.63. The summed E-state index contributed by atoms with van der Waals surface area (Å²) in [6.45, 7) is 6.95. The van der Waals surface area contributed by atoms with Gasteiger partial charge in [0.05, 0.1) is 23.8 Å². The minimum atomic E-state index is -0.416. The SMILES string of the molecule is CCCCCCCCOC(=O)c1ccc(-c2ccc(OC(=O)c3ccc(OC(C)CCCCCC)cc3)cc2)cc1. The molecule has 0 heterocycles. The first-order chi connectivity index (χ1) is 20.0. The van der Waals surface area contributed by atoms with Crippen LogP contribution in [-0.4, -0.2) is 24.6 Å². The fraction of sp³-hybridized carbons (Fsp3) is 0.444. The maximum absolute atomic E-state index is 12.7. The molecule has 0 saturated heterocycles. The van der Waals surface area contributed by atoms with Crippen molar-refractivity contribution in [2.24, 2.45) is 0 Å². The Morgan fingerprint density at radius 3 is 1.71 bits per heavy atom. The van der Waals surface area contributed by atoms with E-state index in [0.717, 1.165) is 42.6 Å². The predicted octanol–water partition coefficient (Wildman–Crippen LogP) is 9.83. The second-order valence-electron chi connectivity index (χ2n) is 10.7. The van der Waals surface area contributed by atoms with Gasteiger partial charge in [-0.2, -0.15) is 0 Å². The first-order valence-electron chi connectivity index (χ1n) is 15.4. The lowest BCUT2D eigenvalue weighted by molar-refractivity contribution is 0.0497. The van der Waals surface area contributed by atoms with Crippen molar-refractivity contribution >= 4 is 11.9 Å². The van der Waals surface area contributed by atoms with Gasteiger partial charge in [-0.25, -0.2) is 9.59 Å². The summed E-state index contributed by atoms with van der Waals surface area (Å²) in [5.41, 5.74) is 2.94. The summed E-state index contributed by atoms with van der Waals surface area (Å²) in [5.74, 6) is 0.519. The van der Waals surface area contributed by atoms with Crippen LogP contribution in [0.25, 0.3) is 11.1 Å². The molecule has 3 aromatic rings. The molecule has 3 rings (SSSR count). The van der Waals surface area contributed by atoms with E-state index in [0.29, 0.717) is 23.5 Å². The van der Waals surface area contributed by atoms with Crippen LogP contribution >= 0.6 is 0 Å². The highest BCUT2D eigenvalue weighted by molar-refractivity contribution is 5.91. The summed E-state index contributed by atoms with van der Waals surface area (Å²) >= 11 is 0. The van der Waals surface area contributed by atoms with Crippen LogP contribution in [0.15, 0.2) is 72.8 Å². The van der Waals surface area contributed by atoms with Gasteiger partial charge in [0.1, 0.15) is 11.5 Å². The van der Waals surface area contributed by atoms with Crippen LogP contribution in [0.1, 0.15) is 112 Å². The third-order valence-electron chi connectivity index (χ3n) is 7.14. The Bertz CT molecular complexity index is 1170. The van der Waals surface area contributed by atoms with E-state index in [-0.39, 0.29) is 12.1 Å². The van der Waals surface area contributed by atoms with E-state index in [1.807, 2.05) is 36.4 Å². The van der Waals surface area contributed by atoms with E-state index in [1.54, 1.807) is 36.4 Å². The van der Waals surface area contributed by atoms with Crippen LogP contribution in [0.5, 0.6) is 11.5 Å². The second-order valence-corrected chi connectivity index (χ2v) is 10.7. The van der Waals surface area contributed by atoms with E-state index in [9.17, 15) is 9.59 Å². The Morgan fingerprint density at radius 1 is 0.585 bits per heavy atom. The van der Waals surface area contributed by atoms with Crippen molar-refractivity contribution in [3.05, 3.63) is 83.9 Å². The predicted molar refractivity (Wildman–Crippen MR) is 166 cm³/mol. The van der Waals surface area contributed by atoms with E-state index in [2.05, 4.69) is 20.8 Å². The molecule has 0 aromatic heterocycles. The number of esters is 2. The first kappa shape index (κ1) is 31.9. The van der Waals surface area contributed by atoms with Crippen molar-refractivity contribution in [2.45, 2.75) is 97.5 Å². The van der Waals surface area contributed by atoms with Crippen LogP contribution in [0.3, 0.4) is 0 Å². The zero-order chi connectivity index (χ0) is 29.3. The van der Waals surface area contributed by atoms with Crippen molar-refractivity contribution in [3.63, 3.8) is 0 Å². The summed E-state index contributed by atoms with van der Waals surface area (Å²) in [4.78, 5) is 25.0. The molecule has 0 radical (unpaired) electrons. The second kappa shape index (κ2) is 18.0. The van der Waals surface area contributed by atoms with Gasteiger partial charge < -0.3 is 14.2 Å². The van der Waals surface area contributed by atoms with Gasteiger partial charge in [-0.3, -0.25) is 0 Å². The molecule has 5 nitrogen and oxygen atoms in total. The molecule has 0 bridgehead atoms. The molecule has 41 heavy (non-hydrogen) atoms. The van der Waals surface area contributed by atoms with Crippen molar-refractivity contribution in [3.8, 4) is 22.6 Å². The third kappa shape index (κ3) is 11.4. The molecule has 1 atom stereocenters. The summed E-state index contributed by atoms with van der Waals surface area (Å²) in [5, 5.41) is 0. The van der Waals surface area contributed by atoms with Gasteiger partial charge in [-0.15, -0.1) is 0 Å². The third-order valence-corrected chi connectivity index (χ3v) is 7.14. The minimum Gasteiger partial charge on any atom is -0.491 e. The van der Waals surface area contributed by atoms with Gasteiger partial charge in [0.25, 0.3) is 0 Å². The zero-order valence-electron chi connectivity index (χ0n) is 25.0. The van der Waals surface area contributed by atoms with Gasteiger partial charge >= 0.3 is 11.9 Å². The molecule has 0 aliphatic heterocycles. The molecule has 0 spiro atoms. The van der Waals surface area contributed by atoms with Crippen LogP contribution < -0.4 is 9.47 Å². The van der Waals surface area contributed by atoms with Gasteiger partial charge in [0.15, 0.2) is 0 Å².